The zero-order chi connectivity index (χ0) is 10.3. The van der Waals surface area contributed by atoms with Crippen LogP contribution in [0.2, 0.25) is 0 Å². The van der Waals surface area contributed by atoms with Crippen molar-refractivity contribution in [2.75, 3.05) is 6.54 Å². The van der Waals surface area contributed by atoms with Crippen molar-refractivity contribution in [3.63, 3.8) is 0 Å². The van der Waals surface area contributed by atoms with Gasteiger partial charge in [-0.1, -0.05) is 6.92 Å². The van der Waals surface area contributed by atoms with E-state index in [4.69, 9.17) is 4.42 Å². The molecular weight excluding hydrogens is 186 g/mol. The molecule has 0 spiro atoms. The Morgan fingerprint density at radius 1 is 1.53 bits per heavy atom. The highest BCUT2D eigenvalue weighted by Gasteiger charge is 2.50. The Morgan fingerprint density at radius 3 is 3.07 bits per heavy atom. The molecular formula is C13H19NO. The Morgan fingerprint density at radius 2 is 2.40 bits per heavy atom. The van der Waals surface area contributed by atoms with Crippen LogP contribution in [-0.2, 0) is 6.42 Å². The van der Waals surface area contributed by atoms with Gasteiger partial charge in [0, 0.05) is 12.5 Å². The molecule has 1 N–H and O–H groups in total. The summed E-state index contributed by atoms with van der Waals surface area (Å²) < 4.78 is 5.42. The number of furan rings is 1. The van der Waals surface area contributed by atoms with Gasteiger partial charge < -0.3 is 9.73 Å². The maximum Gasteiger partial charge on any atom is 0.104 e. The maximum atomic E-state index is 5.42. The van der Waals surface area contributed by atoms with Crippen LogP contribution in [0.3, 0.4) is 0 Å². The molecule has 1 aromatic rings. The van der Waals surface area contributed by atoms with E-state index in [-0.39, 0.29) is 0 Å². The summed E-state index contributed by atoms with van der Waals surface area (Å²) >= 11 is 0. The summed E-state index contributed by atoms with van der Waals surface area (Å²) in [6.45, 7) is 3.59. The molecule has 2 unspecified atom stereocenters. The summed E-state index contributed by atoms with van der Waals surface area (Å²) in [7, 11) is 0. The van der Waals surface area contributed by atoms with Crippen LogP contribution in [0.15, 0.2) is 22.8 Å². The van der Waals surface area contributed by atoms with E-state index in [1.807, 2.05) is 6.07 Å². The molecule has 1 aromatic heterocycles. The predicted molar refractivity (Wildman–Crippen MR) is 59.7 cm³/mol. The number of hydrogen-bond donors (Lipinski definition) is 1. The SMILES string of the molecule is CC1(Cc2ccco2)CC1CNC1CC1. The molecule has 0 aromatic carbocycles. The van der Waals surface area contributed by atoms with E-state index in [1.54, 1.807) is 6.26 Å². The molecule has 15 heavy (non-hydrogen) atoms. The third-order valence-electron chi connectivity index (χ3n) is 3.93. The first kappa shape index (κ1) is 9.46. The molecule has 0 radical (unpaired) electrons. The number of hydrogen-bond acceptors (Lipinski definition) is 2. The Kier molecular flexibility index (Phi) is 2.13. The first-order valence-electron chi connectivity index (χ1n) is 6.02. The molecule has 2 aliphatic carbocycles. The summed E-state index contributed by atoms with van der Waals surface area (Å²) in [5.74, 6) is 2.01. The Balaban J connectivity index is 1.49. The molecule has 1 heterocycles. The Bertz CT molecular complexity index is 328. The zero-order valence-electron chi connectivity index (χ0n) is 9.33. The highest BCUT2D eigenvalue weighted by molar-refractivity contribution is 5.10. The van der Waals surface area contributed by atoms with Gasteiger partial charge in [-0.3, -0.25) is 0 Å². The molecule has 3 rings (SSSR count). The average Bonchev–Trinajstić information content (AvgIpc) is 3.07. The summed E-state index contributed by atoms with van der Waals surface area (Å²) in [6, 6.07) is 4.92. The second-order valence-electron chi connectivity index (χ2n) is 5.49. The number of rotatable bonds is 5. The molecule has 0 aliphatic heterocycles. The van der Waals surface area contributed by atoms with Gasteiger partial charge in [-0.2, -0.15) is 0 Å². The van der Waals surface area contributed by atoms with Crippen LogP contribution >= 0.6 is 0 Å². The van der Waals surface area contributed by atoms with Crippen molar-refractivity contribution in [2.24, 2.45) is 11.3 Å². The van der Waals surface area contributed by atoms with E-state index in [0.29, 0.717) is 5.41 Å². The lowest BCUT2D eigenvalue weighted by Crippen LogP contribution is -2.21. The molecule has 0 saturated heterocycles. The fraction of sp³-hybridized carbons (Fsp3) is 0.692. The fourth-order valence-corrected chi connectivity index (χ4v) is 2.45. The monoisotopic (exact) mass is 205 g/mol. The molecule has 2 atom stereocenters. The van der Waals surface area contributed by atoms with Crippen LogP contribution in [0, 0.1) is 11.3 Å². The van der Waals surface area contributed by atoms with E-state index >= 15 is 0 Å². The highest BCUT2D eigenvalue weighted by atomic mass is 16.3. The minimum absolute atomic E-state index is 0.500. The van der Waals surface area contributed by atoms with Gasteiger partial charge in [0.15, 0.2) is 0 Å². The van der Waals surface area contributed by atoms with E-state index < -0.39 is 0 Å². The summed E-state index contributed by atoms with van der Waals surface area (Å²) in [4.78, 5) is 0. The molecule has 0 bridgehead atoms. The van der Waals surface area contributed by atoms with Gasteiger partial charge in [-0.15, -0.1) is 0 Å². The third kappa shape index (κ3) is 2.10. The fourth-order valence-electron chi connectivity index (χ4n) is 2.45. The molecule has 2 saturated carbocycles. The van der Waals surface area contributed by atoms with Crippen LogP contribution in [0.5, 0.6) is 0 Å². The minimum Gasteiger partial charge on any atom is -0.469 e. The van der Waals surface area contributed by atoms with Crippen LogP contribution in [0.4, 0.5) is 0 Å². The van der Waals surface area contributed by atoms with Crippen LogP contribution in [-0.4, -0.2) is 12.6 Å². The largest absolute Gasteiger partial charge is 0.469 e. The summed E-state index contributed by atoms with van der Waals surface area (Å²) in [5.41, 5.74) is 0.500. The van der Waals surface area contributed by atoms with Crippen molar-refractivity contribution >= 4 is 0 Å². The van der Waals surface area contributed by atoms with Crippen LogP contribution in [0.1, 0.15) is 31.9 Å². The molecule has 0 amide bonds. The highest BCUT2D eigenvalue weighted by Crippen LogP contribution is 2.54. The Hall–Kier alpha value is -0.760. The third-order valence-corrected chi connectivity index (χ3v) is 3.93. The first-order valence-corrected chi connectivity index (χ1v) is 6.02. The minimum atomic E-state index is 0.500. The first-order chi connectivity index (χ1) is 7.26. The molecule has 82 valence electrons. The van der Waals surface area contributed by atoms with Crippen LogP contribution < -0.4 is 5.32 Å². The standard InChI is InChI=1S/C13H19NO/c1-13(8-12-3-2-6-15-12)7-10(13)9-14-11-4-5-11/h2-3,6,10-11,14H,4-5,7-9H2,1H3. The van der Waals surface area contributed by atoms with Crippen molar-refractivity contribution < 1.29 is 4.42 Å². The molecule has 2 aliphatic rings. The van der Waals surface area contributed by atoms with Gasteiger partial charge in [0.2, 0.25) is 0 Å². The quantitative estimate of drug-likeness (QED) is 0.799. The topological polar surface area (TPSA) is 25.2 Å². The lowest BCUT2D eigenvalue weighted by molar-refractivity contribution is 0.413. The second-order valence-corrected chi connectivity index (χ2v) is 5.49. The average molecular weight is 205 g/mol. The van der Waals surface area contributed by atoms with E-state index in [9.17, 15) is 0 Å². The molecule has 2 nitrogen and oxygen atoms in total. The van der Waals surface area contributed by atoms with E-state index in [2.05, 4.69) is 18.3 Å². The van der Waals surface area contributed by atoms with Gasteiger partial charge in [-0.05, 0) is 49.3 Å². The van der Waals surface area contributed by atoms with Gasteiger partial charge in [0.05, 0.1) is 6.26 Å². The van der Waals surface area contributed by atoms with Crippen molar-refractivity contribution in [2.45, 2.75) is 38.6 Å². The smallest absolute Gasteiger partial charge is 0.104 e. The van der Waals surface area contributed by atoms with Crippen LogP contribution in [0.25, 0.3) is 0 Å². The maximum absolute atomic E-state index is 5.42. The van der Waals surface area contributed by atoms with Crippen molar-refractivity contribution in [3.8, 4) is 0 Å². The predicted octanol–water partition coefficient (Wildman–Crippen LogP) is 2.60. The van der Waals surface area contributed by atoms with Gasteiger partial charge >= 0.3 is 0 Å². The van der Waals surface area contributed by atoms with Crippen molar-refractivity contribution in [1.82, 2.24) is 5.32 Å². The van der Waals surface area contributed by atoms with E-state index in [1.165, 1.54) is 25.8 Å². The number of nitrogens with one attached hydrogen (secondary N) is 1. The van der Waals surface area contributed by atoms with Gasteiger partial charge in [0.25, 0.3) is 0 Å². The summed E-state index contributed by atoms with van der Waals surface area (Å²) in [6.07, 6.45) is 7.02. The normalized spacial score (nSPS) is 34.3. The second kappa shape index (κ2) is 3.38. The molecule has 2 fully saturated rings. The van der Waals surface area contributed by atoms with Crippen molar-refractivity contribution in [3.05, 3.63) is 24.2 Å². The van der Waals surface area contributed by atoms with E-state index in [0.717, 1.165) is 24.1 Å². The Labute approximate surface area is 91.0 Å². The van der Waals surface area contributed by atoms with Gasteiger partial charge in [0.1, 0.15) is 5.76 Å². The summed E-state index contributed by atoms with van der Waals surface area (Å²) in [5, 5.41) is 3.62. The molecule has 2 heteroatoms. The van der Waals surface area contributed by atoms with Gasteiger partial charge in [-0.25, -0.2) is 0 Å². The zero-order valence-corrected chi connectivity index (χ0v) is 9.33. The lowest BCUT2D eigenvalue weighted by atomic mass is 10.0. The van der Waals surface area contributed by atoms with Crippen molar-refractivity contribution in [1.29, 1.82) is 0 Å². The lowest BCUT2D eigenvalue weighted by Gasteiger charge is -2.09.